The molecule has 1 amide bonds. The topological polar surface area (TPSA) is 94.0 Å². The number of rotatable bonds is 14. The van der Waals surface area contributed by atoms with Crippen molar-refractivity contribution < 1.29 is 9.53 Å². The summed E-state index contributed by atoms with van der Waals surface area (Å²) < 4.78 is 7.29. The highest BCUT2D eigenvalue weighted by molar-refractivity contribution is 7.99. The molecule has 9 heteroatoms. The molecular formula is C28H34N6O2S. The lowest BCUT2D eigenvalue weighted by Gasteiger charge is -2.18. The predicted octanol–water partition coefficient (Wildman–Crippen LogP) is 4.73. The van der Waals surface area contributed by atoms with Crippen molar-refractivity contribution in [2.75, 3.05) is 37.4 Å². The number of thioether (sulfide) groups is 1. The summed E-state index contributed by atoms with van der Waals surface area (Å²) in [6.07, 6.45) is 2.82. The Morgan fingerprint density at radius 2 is 1.70 bits per heavy atom. The van der Waals surface area contributed by atoms with E-state index in [1.54, 1.807) is 18.0 Å². The SMILES string of the molecule is CCCSc1nc(NCCOCC)c2cnn(CCNC(=O)C(c3ccccc3)c3ccccc3)c2n1. The zero-order valence-corrected chi connectivity index (χ0v) is 22.2. The second-order valence-electron chi connectivity index (χ2n) is 8.48. The summed E-state index contributed by atoms with van der Waals surface area (Å²) in [7, 11) is 0. The van der Waals surface area contributed by atoms with Crippen LogP contribution in [0.4, 0.5) is 5.82 Å². The zero-order chi connectivity index (χ0) is 25.9. The number of ether oxygens (including phenoxy) is 1. The highest BCUT2D eigenvalue weighted by atomic mass is 32.2. The van der Waals surface area contributed by atoms with E-state index in [0.717, 1.165) is 40.2 Å². The summed E-state index contributed by atoms with van der Waals surface area (Å²) in [6.45, 7) is 6.98. The minimum atomic E-state index is -0.378. The molecule has 4 aromatic rings. The van der Waals surface area contributed by atoms with Gasteiger partial charge in [0.2, 0.25) is 5.91 Å². The number of hydrogen-bond acceptors (Lipinski definition) is 7. The molecule has 4 rings (SSSR count). The number of carbonyl (C=O) groups is 1. The fourth-order valence-corrected chi connectivity index (χ4v) is 4.74. The molecule has 2 aromatic heterocycles. The minimum absolute atomic E-state index is 0.0408. The van der Waals surface area contributed by atoms with Crippen molar-refractivity contribution in [3.8, 4) is 0 Å². The van der Waals surface area contributed by atoms with Gasteiger partial charge in [0.15, 0.2) is 10.8 Å². The molecule has 0 spiro atoms. The van der Waals surface area contributed by atoms with Gasteiger partial charge in [-0.2, -0.15) is 5.10 Å². The third-order valence-electron chi connectivity index (χ3n) is 5.80. The molecule has 0 radical (unpaired) electrons. The first-order valence-electron chi connectivity index (χ1n) is 12.8. The number of nitrogens with one attached hydrogen (secondary N) is 2. The molecule has 2 aromatic carbocycles. The molecule has 0 aliphatic carbocycles. The summed E-state index contributed by atoms with van der Waals surface area (Å²) in [4.78, 5) is 22.8. The molecule has 0 bridgehead atoms. The largest absolute Gasteiger partial charge is 0.380 e. The lowest BCUT2D eigenvalue weighted by atomic mass is 9.90. The maximum Gasteiger partial charge on any atom is 0.232 e. The fourth-order valence-electron chi connectivity index (χ4n) is 4.05. The van der Waals surface area contributed by atoms with Gasteiger partial charge in [-0.05, 0) is 24.5 Å². The monoisotopic (exact) mass is 518 g/mol. The van der Waals surface area contributed by atoms with Crippen LogP contribution >= 0.6 is 11.8 Å². The van der Waals surface area contributed by atoms with E-state index in [1.807, 2.05) is 72.3 Å². The second kappa shape index (κ2) is 13.8. The number of hydrogen-bond donors (Lipinski definition) is 2. The number of benzene rings is 2. The van der Waals surface area contributed by atoms with Crippen molar-refractivity contribution in [1.29, 1.82) is 0 Å². The molecule has 194 valence electrons. The maximum atomic E-state index is 13.3. The van der Waals surface area contributed by atoms with Crippen molar-refractivity contribution in [2.24, 2.45) is 0 Å². The fraction of sp³-hybridized carbons (Fsp3) is 0.357. The Morgan fingerprint density at radius 3 is 2.35 bits per heavy atom. The average molecular weight is 519 g/mol. The summed E-state index contributed by atoms with van der Waals surface area (Å²) in [5.74, 6) is 1.28. The zero-order valence-electron chi connectivity index (χ0n) is 21.4. The Kier molecular flexibility index (Phi) is 9.90. The van der Waals surface area contributed by atoms with Crippen LogP contribution in [0.15, 0.2) is 72.0 Å². The quantitative estimate of drug-likeness (QED) is 0.142. The molecule has 0 aliphatic rings. The number of amides is 1. The van der Waals surface area contributed by atoms with Crippen LogP contribution in [0, 0.1) is 0 Å². The van der Waals surface area contributed by atoms with Gasteiger partial charge < -0.3 is 15.4 Å². The van der Waals surface area contributed by atoms with Crippen LogP contribution in [0.5, 0.6) is 0 Å². The predicted molar refractivity (Wildman–Crippen MR) is 149 cm³/mol. The van der Waals surface area contributed by atoms with Crippen molar-refractivity contribution >= 4 is 34.5 Å². The Balaban J connectivity index is 1.49. The van der Waals surface area contributed by atoms with Crippen molar-refractivity contribution in [2.45, 2.75) is 37.9 Å². The van der Waals surface area contributed by atoms with E-state index in [0.29, 0.717) is 38.0 Å². The first-order valence-corrected chi connectivity index (χ1v) is 13.7. The van der Waals surface area contributed by atoms with E-state index >= 15 is 0 Å². The Morgan fingerprint density at radius 1 is 1.00 bits per heavy atom. The third kappa shape index (κ3) is 7.08. The van der Waals surface area contributed by atoms with Gasteiger partial charge >= 0.3 is 0 Å². The Bertz CT molecular complexity index is 1230. The van der Waals surface area contributed by atoms with E-state index < -0.39 is 0 Å². The van der Waals surface area contributed by atoms with Gasteiger partial charge in [-0.3, -0.25) is 4.79 Å². The van der Waals surface area contributed by atoms with Crippen molar-refractivity contribution in [3.63, 3.8) is 0 Å². The lowest BCUT2D eigenvalue weighted by molar-refractivity contribution is -0.121. The summed E-state index contributed by atoms with van der Waals surface area (Å²) in [5.41, 5.74) is 2.68. The van der Waals surface area contributed by atoms with Crippen LogP contribution in [0.1, 0.15) is 37.3 Å². The van der Waals surface area contributed by atoms with E-state index in [2.05, 4.69) is 22.7 Å². The van der Waals surface area contributed by atoms with E-state index in [4.69, 9.17) is 14.7 Å². The standard InChI is InChI=1S/C28H34N6O2S/c1-3-19-37-28-32-25(29-16-18-36-4-2)23-20-31-34(26(23)33-28)17-15-30-27(35)24(21-11-7-5-8-12-21)22-13-9-6-10-14-22/h5-14,20,24H,3-4,15-19H2,1-2H3,(H,30,35)(H,29,32,33). The summed E-state index contributed by atoms with van der Waals surface area (Å²) in [5, 5.41) is 12.6. The van der Waals surface area contributed by atoms with Gasteiger partial charge in [0.25, 0.3) is 0 Å². The lowest BCUT2D eigenvalue weighted by Crippen LogP contribution is -2.32. The molecule has 0 saturated carbocycles. The van der Waals surface area contributed by atoms with E-state index in [1.165, 1.54) is 0 Å². The van der Waals surface area contributed by atoms with Gasteiger partial charge in [-0.1, -0.05) is 79.3 Å². The number of anilines is 1. The molecule has 8 nitrogen and oxygen atoms in total. The van der Waals surface area contributed by atoms with Gasteiger partial charge in [0.1, 0.15) is 5.82 Å². The van der Waals surface area contributed by atoms with Crippen molar-refractivity contribution in [1.82, 2.24) is 25.1 Å². The van der Waals surface area contributed by atoms with Gasteiger partial charge in [0, 0.05) is 25.4 Å². The first-order chi connectivity index (χ1) is 18.2. The average Bonchev–Trinajstić information content (AvgIpc) is 3.34. The van der Waals surface area contributed by atoms with Crippen LogP contribution in [0.3, 0.4) is 0 Å². The summed E-state index contributed by atoms with van der Waals surface area (Å²) >= 11 is 1.63. The molecule has 0 unspecified atom stereocenters. The van der Waals surface area contributed by atoms with Crippen molar-refractivity contribution in [3.05, 3.63) is 78.0 Å². The maximum absolute atomic E-state index is 13.3. The van der Waals surface area contributed by atoms with Crippen LogP contribution < -0.4 is 10.6 Å². The third-order valence-corrected chi connectivity index (χ3v) is 6.86. The molecule has 0 atom stereocenters. The van der Waals surface area contributed by atoms with E-state index in [-0.39, 0.29) is 11.8 Å². The van der Waals surface area contributed by atoms with Gasteiger partial charge in [-0.15, -0.1) is 0 Å². The molecule has 2 N–H and O–H groups in total. The molecule has 37 heavy (non-hydrogen) atoms. The molecular weight excluding hydrogens is 484 g/mol. The molecule has 0 fully saturated rings. The number of fused-ring (bicyclic) bond motifs is 1. The number of aromatic nitrogens is 4. The van der Waals surface area contributed by atoms with Gasteiger partial charge in [0.05, 0.1) is 30.7 Å². The van der Waals surface area contributed by atoms with Crippen LogP contribution in [0.25, 0.3) is 11.0 Å². The normalized spacial score (nSPS) is 11.2. The van der Waals surface area contributed by atoms with E-state index in [9.17, 15) is 4.79 Å². The molecule has 0 aliphatic heterocycles. The van der Waals surface area contributed by atoms with Crippen LogP contribution in [-0.2, 0) is 16.1 Å². The van der Waals surface area contributed by atoms with Crippen LogP contribution in [-0.4, -0.2) is 57.7 Å². The number of nitrogens with zero attached hydrogens (tertiary/aromatic N) is 4. The second-order valence-corrected chi connectivity index (χ2v) is 9.54. The minimum Gasteiger partial charge on any atom is -0.380 e. The Hall–Kier alpha value is -3.43. The highest BCUT2D eigenvalue weighted by Gasteiger charge is 2.22. The molecule has 0 saturated heterocycles. The first kappa shape index (κ1) is 26.6. The summed E-state index contributed by atoms with van der Waals surface area (Å²) in [6, 6.07) is 19.7. The smallest absolute Gasteiger partial charge is 0.232 e. The Labute approximate surface area is 222 Å². The highest BCUT2D eigenvalue weighted by Crippen LogP contribution is 2.26. The van der Waals surface area contributed by atoms with Gasteiger partial charge in [-0.25, -0.2) is 14.6 Å². The number of carbonyl (C=O) groups excluding carboxylic acids is 1. The molecule has 2 heterocycles. The van der Waals surface area contributed by atoms with Crippen LogP contribution in [0.2, 0.25) is 0 Å².